The molecule has 2 N–H and O–H groups in total. The third-order valence-corrected chi connectivity index (χ3v) is 1.98. The van der Waals surface area contributed by atoms with Gasteiger partial charge in [-0.3, -0.25) is 9.59 Å². The van der Waals surface area contributed by atoms with E-state index in [1.54, 1.807) is 7.05 Å². The Kier molecular flexibility index (Phi) is 6.19. The molecule has 78 valence electrons. The van der Waals surface area contributed by atoms with Gasteiger partial charge >= 0.3 is 0 Å². The lowest BCUT2D eigenvalue weighted by atomic mass is 9.97. The molecule has 2 atom stereocenters. The largest absolute Gasteiger partial charge is 0.358 e. The summed E-state index contributed by atoms with van der Waals surface area (Å²) in [6, 6.07) is 0. The minimum absolute atomic E-state index is 0. The van der Waals surface area contributed by atoms with Crippen molar-refractivity contribution in [3.8, 4) is 0 Å². The summed E-state index contributed by atoms with van der Waals surface area (Å²) in [5.74, 6) is -0.716. The van der Waals surface area contributed by atoms with Gasteiger partial charge in [0.15, 0.2) is 0 Å². The van der Waals surface area contributed by atoms with Crippen LogP contribution < -0.4 is 10.6 Å². The summed E-state index contributed by atoms with van der Waals surface area (Å²) in [7, 11) is 1.54. The van der Waals surface area contributed by atoms with Gasteiger partial charge in [-0.05, 0) is 5.92 Å². The van der Waals surface area contributed by atoms with E-state index in [0.717, 1.165) is 0 Å². The van der Waals surface area contributed by atoms with Gasteiger partial charge in [0.1, 0.15) is 5.92 Å². The zero-order chi connectivity index (χ0) is 8.43. The van der Waals surface area contributed by atoms with Crippen LogP contribution in [0.2, 0.25) is 0 Å². The Labute approximate surface area is 80.1 Å². The van der Waals surface area contributed by atoms with Crippen molar-refractivity contribution < 1.29 is 9.59 Å². The van der Waals surface area contributed by atoms with Gasteiger partial charge < -0.3 is 10.6 Å². The van der Waals surface area contributed by atoms with Crippen LogP contribution in [0.15, 0.2) is 0 Å². The molecular formula is C9H20N2O2. The predicted octanol–water partition coefficient (Wildman–Crippen LogP) is 0.387. The first kappa shape index (κ1) is 14.5. The third-order valence-electron chi connectivity index (χ3n) is 1.98. The van der Waals surface area contributed by atoms with Crippen molar-refractivity contribution >= 4 is 11.8 Å². The summed E-state index contributed by atoms with van der Waals surface area (Å²) < 4.78 is 0. The van der Waals surface area contributed by atoms with Crippen molar-refractivity contribution in [1.82, 2.24) is 10.6 Å². The molecule has 2 unspecified atom stereocenters. The van der Waals surface area contributed by atoms with E-state index in [1.807, 2.05) is 6.92 Å². The van der Waals surface area contributed by atoms with Crippen LogP contribution in [0.4, 0.5) is 0 Å². The Morgan fingerprint density at radius 1 is 1.54 bits per heavy atom. The van der Waals surface area contributed by atoms with E-state index in [1.165, 1.54) is 0 Å². The topological polar surface area (TPSA) is 58.2 Å². The van der Waals surface area contributed by atoms with Gasteiger partial charge in [0.25, 0.3) is 0 Å². The molecule has 1 fully saturated rings. The molecule has 1 aliphatic rings. The van der Waals surface area contributed by atoms with E-state index in [4.69, 9.17) is 0 Å². The second-order valence-corrected chi connectivity index (χ2v) is 2.81. The molecule has 1 heterocycles. The smallest absolute Gasteiger partial charge is 0.232 e. The number of carbonyl (C=O) groups is 2. The van der Waals surface area contributed by atoms with Crippen molar-refractivity contribution in [2.24, 2.45) is 11.8 Å². The standard InChI is InChI=1S/C7H12N2O2.2CH4/c1-4-3-9-7(11)5(4)6(10)8-2;;/h4-5H,3H2,1-2H3,(H,8,10)(H,9,11);2*1H4. The van der Waals surface area contributed by atoms with Gasteiger partial charge in [0.05, 0.1) is 0 Å². The van der Waals surface area contributed by atoms with Crippen LogP contribution >= 0.6 is 0 Å². The predicted molar refractivity (Wildman–Crippen MR) is 53.2 cm³/mol. The molecule has 4 heteroatoms. The maximum atomic E-state index is 11.1. The SMILES string of the molecule is C.C.CNC(=O)C1C(=O)NCC1C. The van der Waals surface area contributed by atoms with Crippen molar-refractivity contribution in [1.29, 1.82) is 0 Å². The molecule has 0 saturated carbocycles. The van der Waals surface area contributed by atoms with Gasteiger partial charge in [0, 0.05) is 13.6 Å². The van der Waals surface area contributed by atoms with Crippen LogP contribution in [0.5, 0.6) is 0 Å². The zero-order valence-corrected chi connectivity index (χ0v) is 6.68. The molecule has 1 rings (SSSR count). The van der Waals surface area contributed by atoms with Gasteiger partial charge in [-0.2, -0.15) is 0 Å². The molecule has 0 radical (unpaired) electrons. The number of hydrogen-bond donors (Lipinski definition) is 2. The Hall–Kier alpha value is -1.06. The van der Waals surface area contributed by atoms with E-state index in [9.17, 15) is 9.59 Å². The second-order valence-electron chi connectivity index (χ2n) is 2.81. The zero-order valence-electron chi connectivity index (χ0n) is 6.68. The fraction of sp³-hybridized carbons (Fsp3) is 0.778. The second kappa shape index (κ2) is 5.56. The van der Waals surface area contributed by atoms with Crippen molar-refractivity contribution in [3.63, 3.8) is 0 Å². The lowest BCUT2D eigenvalue weighted by molar-refractivity contribution is -0.133. The Morgan fingerprint density at radius 2 is 2.08 bits per heavy atom. The van der Waals surface area contributed by atoms with E-state index in [-0.39, 0.29) is 32.6 Å². The Bertz CT molecular complexity index is 192. The van der Waals surface area contributed by atoms with E-state index >= 15 is 0 Å². The minimum Gasteiger partial charge on any atom is -0.358 e. The first-order valence-electron chi connectivity index (χ1n) is 3.66. The van der Waals surface area contributed by atoms with E-state index in [2.05, 4.69) is 10.6 Å². The van der Waals surface area contributed by atoms with Gasteiger partial charge in [-0.25, -0.2) is 0 Å². The van der Waals surface area contributed by atoms with Crippen molar-refractivity contribution in [2.45, 2.75) is 21.8 Å². The van der Waals surface area contributed by atoms with Crippen LogP contribution in [0.1, 0.15) is 21.8 Å². The van der Waals surface area contributed by atoms with E-state index in [0.29, 0.717) is 6.54 Å². The molecule has 13 heavy (non-hydrogen) atoms. The average molecular weight is 188 g/mol. The third kappa shape index (κ3) is 2.72. The van der Waals surface area contributed by atoms with Crippen molar-refractivity contribution in [2.75, 3.05) is 13.6 Å². The summed E-state index contributed by atoms with van der Waals surface area (Å²) in [5, 5.41) is 5.10. The summed E-state index contributed by atoms with van der Waals surface area (Å²) in [5.41, 5.74) is 0. The average Bonchev–Trinajstić information content (AvgIpc) is 2.30. The maximum absolute atomic E-state index is 11.1. The molecule has 0 aromatic rings. The molecular weight excluding hydrogens is 168 g/mol. The molecule has 0 aromatic heterocycles. The highest BCUT2D eigenvalue weighted by molar-refractivity contribution is 6.01. The number of nitrogens with one attached hydrogen (secondary N) is 2. The lowest BCUT2D eigenvalue weighted by Crippen LogP contribution is -2.34. The summed E-state index contributed by atoms with van der Waals surface area (Å²) >= 11 is 0. The monoisotopic (exact) mass is 188 g/mol. The molecule has 0 aliphatic carbocycles. The number of rotatable bonds is 1. The van der Waals surface area contributed by atoms with Crippen molar-refractivity contribution in [3.05, 3.63) is 0 Å². The van der Waals surface area contributed by atoms with Gasteiger partial charge in [-0.15, -0.1) is 0 Å². The quantitative estimate of drug-likeness (QED) is 0.585. The summed E-state index contributed by atoms with van der Waals surface area (Å²) in [6.45, 7) is 2.49. The van der Waals surface area contributed by atoms with E-state index < -0.39 is 5.92 Å². The van der Waals surface area contributed by atoms with Crippen LogP contribution in [0, 0.1) is 11.8 Å². The first-order valence-corrected chi connectivity index (χ1v) is 3.66. The highest BCUT2D eigenvalue weighted by atomic mass is 16.2. The first-order chi connectivity index (χ1) is 5.16. The minimum atomic E-state index is -0.486. The number of hydrogen-bond acceptors (Lipinski definition) is 2. The van der Waals surface area contributed by atoms with Gasteiger partial charge in [0.2, 0.25) is 11.8 Å². The molecule has 0 bridgehead atoms. The highest BCUT2D eigenvalue weighted by Gasteiger charge is 2.36. The number of amides is 2. The van der Waals surface area contributed by atoms with Crippen LogP contribution in [0.3, 0.4) is 0 Å². The van der Waals surface area contributed by atoms with Crippen LogP contribution in [-0.2, 0) is 9.59 Å². The fourth-order valence-corrected chi connectivity index (χ4v) is 1.28. The molecule has 4 nitrogen and oxygen atoms in total. The molecule has 1 saturated heterocycles. The molecule has 2 amide bonds. The summed E-state index contributed by atoms with van der Waals surface area (Å²) in [4.78, 5) is 22.1. The fourth-order valence-electron chi connectivity index (χ4n) is 1.28. The van der Waals surface area contributed by atoms with Crippen LogP contribution in [0.25, 0.3) is 0 Å². The Morgan fingerprint density at radius 3 is 2.38 bits per heavy atom. The number of carbonyl (C=O) groups excluding carboxylic acids is 2. The molecule has 1 aliphatic heterocycles. The van der Waals surface area contributed by atoms with Gasteiger partial charge in [-0.1, -0.05) is 21.8 Å². The highest BCUT2D eigenvalue weighted by Crippen LogP contribution is 2.16. The maximum Gasteiger partial charge on any atom is 0.232 e. The lowest BCUT2D eigenvalue weighted by Gasteiger charge is -2.08. The molecule has 0 aromatic carbocycles. The molecule has 0 spiro atoms. The summed E-state index contributed by atoms with van der Waals surface area (Å²) in [6.07, 6.45) is 0. The Balaban J connectivity index is 0. The van der Waals surface area contributed by atoms with Crippen LogP contribution in [-0.4, -0.2) is 25.4 Å². The normalized spacial score (nSPS) is 25.2.